The number of nitrogens with two attached hydrogens (primary N) is 1. The predicted molar refractivity (Wildman–Crippen MR) is 51.6 cm³/mol. The van der Waals surface area contributed by atoms with Crippen molar-refractivity contribution in [2.75, 3.05) is 13.7 Å². The fraction of sp³-hybridized carbons (Fsp3) is 0.556. The summed E-state index contributed by atoms with van der Waals surface area (Å²) in [6, 6.07) is 1.35. The molecule has 5 nitrogen and oxygen atoms in total. The van der Waals surface area contributed by atoms with E-state index in [1.165, 1.54) is 7.11 Å². The van der Waals surface area contributed by atoms with Gasteiger partial charge < -0.3 is 15.6 Å². The largest absolute Gasteiger partial charge is 0.389 e. The minimum Gasteiger partial charge on any atom is -0.389 e. The Morgan fingerprint density at radius 1 is 1.50 bits per heavy atom. The third-order valence-electron chi connectivity index (χ3n) is 1.87. The SMILES string of the molecule is COCC(O)C(N)Cc1ncccn1. The van der Waals surface area contributed by atoms with E-state index in [0.29, 0.717) is 12.2 Å². The van der Waals surface area contributed by atoms with E-state index in [1.54, 1.807) is 18.5 Å². The zero-order chi connectivity index (χ0) is 10.4. The first kappa shape index (κ1) is 11.0. The number of ether oxygens (including phenoxy) is 1. The smallest absolute Gasteiger partial charge is 0.129 e. The van der Waals surface area contributed by atoms with Crippen LogP contribution in [0, 0.1) is 0 Å². The van der Waals surface area contributed by atoms with Crippen LogP contribution in [0.25, 0.3) is 0 Å². The Morgan fingerprint density at radius 2 is 2.14 bits per heavy atom. The van der Waals surface area contributed by atoms with E-state index >= 15 is 0 Å². The summed E-state index contributed by atoms with van der Waals surface area (Å²) in [6.45, 7) is 0.230. The summed E-state index contributed by atoms with van der Waals surface area (Å²) in [7, 11) is 1.52. The van der Waals surface area contributed by atoms with Gasteiger partial charge >= 0.3 is 0 Å². The summed E-state index contributed by atoms with van der Waals surface area (Å²) in [5.74, 6) is 0.634. The molecule has 1 rings (SSSR count). The van der Waals surface area contributed by atoms with Gasteiger partial charge in [-0.05, 0) is 6.07 Å². The predicted octanol–water partition coefficient (Wildman–Crippen LogP) is -0.646. The second kappa shape index (κ2) is 5.64. The van der Waals surface area contributed by atoms with Gasteiger partial charge in [0.1, 0.15) is 5.82 Å². The lowest BCUT2D eigenvalue weighted by atomic mass is 10.1. The molecule has 1 aromatic rings. The molecule has 2 unspecified atom stereocenters. The number of rotatable bonds is 5. The van der Waals surface area contributed by atoms with Crippen molar-refractivity contribution in [2.45, 2.75) is 18.6 Å². The first-order valence-corrected chi connectivity index (χ1v) is 4.42. The van der Waals surface area contributed by atoms with E-state index < -0.39 is 12.1 Å². The summed E-state index contributed by atoms with van der Waals surface area (Å²) in [5.41, 5.74) is 5.73. The molecule has 3 N–H and O–H groups in total. The highest BCUT2D eigenvalue weighted by Crippen LogP contribution is 1.98. The quantitative estimate of drug-likeness (QED) is 0.655. The second-order valence-corrected chi connectivity index (χ2v) is 3.06. The van der Waals surface area contributed by atoms with Crippen LogP contribution < -0.4 is 5.73 Å². The molecule has 5 heteroatoms. The molecule has 0 saturated carbocycles. The summed E-state index contributed by atoms with van der Waals surface area (Å²) in [5, 5.41) is 9.47. The van der Waals surface area contributed by atoms with Crippen molar-refractivity contribution >= 4 is 0 Å². The molecule has 2 atom stereocenters. The van der Waals surface area contributed by atoms with Crippen LogP contribution in [0.15, 0.2) is 18.5 Å². The molecule has 78 valence electrons. The van der Waals surface area contributed by atoms with Crippen LogP contribution in [0.4, 0.5) is 0 Å². The molecular formula is C9H15N3O2. The Labute approximate surface area is 82.9 Å². The Balaban J connectivity index is 2.44. The van der Waals surface area contributed by atoms with Crippen LogP contribution in [0.3, 0.4) is 0 Å². The number of aromatic nitrogens is 2. The normalized spacial score (nSPS) is 15.1. The van der Waals surface area contributed by atoms with Crippen LogP contribution in [0.5, 0.6) is 0 Å². The molecule has 0 aliphatic carbocycles. The van der Waals surface area contributed by atoms with Gasteiger partial charge in [0.25, 0.3) is 0 Å². The van der Waals surface area contributed by atoms with Crippen molar-refractivity contribution in [3.8, 4) is 0 Å². The lowest BCUT2D eigenvalue weighted by Crippen LogP contribution is -2.39. The average molecular weight is 197 g/mol. The molecule has 0 bridgehead atoms. The van der Waals surface area contributed by atoms with Gasteiger partial charge in [0, 0.05) is 32.0 Å². The first-order chi connectivity index (χ1) is 6.74. The van der Waals surface area contributed by atoms with Crippen molar-refractivity contribution < 1.29 is 9.84 Å². The number of hydrogen-bond donors (Lipinski definition) is 2. The van der Waals surface area contributed by atoms with E-state index in [0.717, 1.165) is 0 Å². The van der Waals surface area contributed by atoms with Gasteiger partial charge in [-0.1, -0.05) is 0 Å². The van der Waals surface area contributed by atoms with Crippen LogP contribution >= 0.6 is 0 Å². The fourth-order valence-electron chi connectivity index (χ4n) is 1.08. The minimum atomic E-state index is -0.677. The van der Waals surface area contributed by atoms with Crippen molar-refractivity contribution in [3.05, 3.63) is 24.3 Å². The topological polar surface area (TPSA) is 81.3 Å². The number of aliphatic hydroxyl groups excluding tert-OH is 1. The van der Waals surface area contributed by atoms with E-state index in [-0.39, 0.29) is 6.61 Å². The van der Waals surface area contributed by atoms with Gasteiger partial charge in [-0.3, -0.25) is 0 Å². The maximum Gasteiger partial charge on any atom is 0.129 e. The summed E-state index contributed by atoms with van der Waals surface area (Å²) in [4.78, 5) is 8.04. The van der Waals surface area contributed by atoms with E-state index in [9.17, 15) is 5.11 Å². The van der Waals surface area contributed by atoms with Gasteiger partial charge in [-0.2, -0.15) is 0 Å². The zero-order valence-electron chi connectivity index (χ0n) is 8.13. The fourth-order valence-corrected chi connectivity index (χ4v) is 1.08. The maximum atomic E-state index is 9.47. The number of aliphatic hydroxyl groups is 1. The number of nitrogens with zero attached hydrogens (tertiary/aromatic N) is 2. The third-order valence-corrected chi connectivity index (χ3v) is 1.87. The van der Waals surface area contributed by atoms with Crippen LogP contribution in [-0.2, 0) is 11.2 Å². The highest BCUT2D eigenvalue weighted by atomic mass is 16.5. The molecule has 1 heterocycles. The van der Waals surface area contributed by atoms with E-state index in [2.05, 4.69) is 9.97 Å². The standard InChI is InChI=1S/C9H15N3O2/c1-14-6-8(13)7(10)5-9-11-3-2-4-12-9/h2-4,7-8,13H,5-6,10H2,1H3. The van der Waals surface area contributed by atoms with Crippen LogP contribution in [0.1, 0.15) is 5.82 Å². The van der Waals surface area contributed by atoms with Crippen LogP contribution in [-0.4, -0.2) is 40.9 Å². The minimum absolute atomic E-state index is 0.230. The molecule has 0 aliphatic heterocycles. The van der Waals surface area contributed by atoms with E-state index in [1.807, 2.05) is 0 Å². The summed E-state index contributed by atoms with van der Waals surface area (Å²) < 4.78 is 4.79. The summed E-state index contributed by atoms with van der Waals surface area (Å²) >= 11 is 0. The molecular weight excluding hydrogens is 182 g/mol. The maximum absolute atomic E-state index is 9.47. The summed E-state index contributed by atoms with van der Waals surface area (Å²) in [6.07, 6.45) is 3.07. The number of methoxy groups -OCH3 is 1. The lowest BCUT2D eigenvalue weighted by Gasteiger charge is -2.16. The van der Waals surface area contributed by atoms with Gasteiger partial charge in [-0.15, -0.1) is 0 Å². The van der Waals surface area contributed by atoms with Crippen molar-refractivity contribution in [2.24, 2.45) is 5.73 Å². The Morgan fingerprint density at radius 3 is 2.71 bits per heavy atom. The molecule has 0 fully saturated rings. The van der Waals surface area contributed by atoms with Gasteiger partial charge in [0.05, 0.1) is 12.7 Å². The molecule has 0 aliphatic rings. The highest BCUT2D eigenvalue weighted by Gasteiger charge is 2.15. The monoisotopic (exact) mass is 197 g/mol. The van der Waals surface area contributed by atoms with Gasteiger partial charge in [-0.25, -0.2) is 9.97 Å². The first-order valence-electron chi connectivity index (χ1n) is 4.42. The molecule has 0 amide bonds. The van der Waals surface area contributed by atoms with Crippen LogP contribution in [0.2, 0.25) is 0 Å². The van der Waals surface area contributed by atoms with Crippen molar-refractivity contribution in [1.29, 1.82) is 0 Å². The Bertz CT molecular complexity index is 255. The zero-order valence-corrected chi connectivity index (χ0v) is 8.13. The molecule has 1 aromatic heterocycles. The van der Waals surface area contributed by atoms with Gasteiger partial charge in [0.15, 0.2) is 0 Å². The van der Waals surface area contributed by atoms with E-state index in [4.69, 9.17) is 10.5 Å². The molecule has 0 aromatic carbocycles. The van der Waals surface area contributed by atoms with Crippen molar-refractivity contribution in [3.63, 3.8) is 0 Å². The Hall–Kier alpha value is -1.04. The molecule has 0 saturated heterocycles. The molecule has 14 heavy (non-hydrogen) atoms. The van der Waals surface area contributed by atoms with Crippen molar-refractivity contribution in [1.82, 2.24) is 9.97 Å². The average Bonchev–Trinajstić information content (AvgIpc) is 2.19. The van der Waals surface area contributed by atoms with Gasteiger partial charge in [0.2, 0.25) is 0 Å². The Kier molecular flexibility index (Phi) is 4.45. The lowest BCUT2D eigenvalue weighted by molar-refractivity contribution is 0.0476. The molecule has 0 spiro atoms. The third kappa shape index (κ3) is 3.37. The second-order valence-electron chi connectivity index (χ2n) is 3.06. The number of hydrogen-bond acceptors (Lipinski definition) is 5. The highest BCUT2D eigenvalue weighted by molar-refractivity contribution is 4.92. The molecule has 0 radical (unpaired) electrons.